The van der Waals surface area contributed by atoms with Crippen LogP contribution in [-0.2, 0) is 0 Å². The van der Waals surface area contributed by atoms with Crippen molar-refractivity contribution in [2.45, 2.75) is 0 Å². The number of nitrogens with zero attached hydrogens (tertiary/aromatic N) is 1. The normalized spacial score (nSPS) is 11.0. The SMILES string of the molecule is COc1cc(-c2cnc3[nH]cc(C(=O)c4c(F)ccc(C(N)=O)c4F)c3c2)ccc1F. The van der Waals surface area contributed by atoms with Crippen molar-refractivity contribution in [1.29, 1.82) is 0 Å². The van der Waals surface area contributed by atoms with Crippen molar-refractivity contribution in [3.63, 3.8) is 0 Å². The summed E-state index contributed by atoms with van der Waals surface area (Å²) < 4.78 is 47.7. The predicted octanol–water partition coefficient (Wildman–Crippen LogP) is 3.99. The van der Waals surface area contributed by atoms with Crippen LogP contribution in [0.1, 0.15) is 26.3 Å². The summed E-state index contributed by atoms with van der Waals surface area (Å²) in [6.45, 7) is 0. The van der Waals surface area contributed by atoms with E-state index >= 15 is 0 Å². The van der Waals surface area contributed by atoms with Gasteiger partial charge in [-0.15, -0.1) is 0 Å². The van der Waals surface area contributed by atoms with Gasteiger partial charge in [-0.2, -0.15) is 0 Å². The van der Waals surface area contributed by atoms with Gasteiger partial charge in [0.1, 0.15) is 17.3 Å². The van der Waals surface area contributed by atoms with E-state index in [2.05, 4.69) is 9.97 Å². The molecule has 4 aromatic rings. The Balaban J connectivity index is 1.85. The van der Waals surface area contributed by atoms with Gasteiger partial charge in [0.05, 0.1) is 18.2 Å². The number of H-pyrrole nitrogens is 1. The Labute approximate surface area is 173 Å². The van der Waals surface area contributed by atoms with Crippen LogP contribution in [0.5, 0.6) is 5.75 Å². The number of halogens is 3. The minimum atomic E-state index is -1.33. The minimum Gasteiger partial charge on any atom is -0.494 e. The molecule has 0 bridgehead atoms. The van der Waals surface area contributed by atoms with E-state index in [1.807, 2.05) is 0 Å². The number of benzene rings is 2. The first-order valence-corrected chi connectivity index (χ1v) is 8.95. The van der Waals surface area contributed by atoms with Gasteiger partial charge in [-0.25, -0.2) is 18.2 Å². The number of pyridine rings is 1. The second-order valence-corrected chi connectivity index (χ2v) is 6.65. The number of aromatic nitrogens is 2. The average Bonchev–Trinajstić information content (AvgIpc) is 3.17. The number of aromatic amines is 1. The number of carbonyl (C=O) groups excluding carboxylic acids is 2. The molecule has 4 rings (SSSR count). The molecule has 2 aromatic heterocycles. The molecule has 6 nitrogen and oxygen atoms in total. The third kappa shape index (κ3) is 3.39. The van der Waals surface area contributed by atoms with Crippen LogP contribution in [0.4, 0.5) is 13.2 Å². The zero-order valence-electron chi connectivity index (χ0n) is 16.0. The minimum absolute atomic E-state index is 0.0235. The molecule has 1 amide bonds. The van der Waals surface area contributed by atoms with E-state index in [1.165, 1.54) is 37.7 Å². The number of primary amides is 1. The largest absolute Gasteiger partial charge is 0.494 e. The maximum atomic E-state index is 14.7. The summed E-state index contributed by atoms with van der Waals surface area (Å²) in [6, 6.07) is 7.45. The molecule has 0 spiro atoms. The van der Waals surface area contributed by atoms with Gasteiger partial charge in [0.2, 0.25) is 5.78 Å². The standard InChI is InChI=1S/C22H14F3N3O3/c1-31-17-7-10(2-4-15(17)23)11-6-13-14(9-28-22(13)27-8-11)20(29)18-16(24)5-3-12(19(18)25)21(26)30/h2-9H,1H3,(H2,26,30)(H,27,28). The molecule has 0 aliphatic rings. The van der Waals surface area contributed by atoms with Crippen LogP contribution >= 0.6 is 0 Å². The molecule has 3 N–H and O–H groups in total. The first-order chi connectivity index (χ1) is 14.8. The smallest absolute Gasteiger partial charge is 0.251 e. The molecule has 0 radical (unpaired) electrons. The highest BCUT2D eigenvalue weighted by molar-refractivity contribution is 6.17. The summed E-state index contributed by atoms with van der Waals surface area (Å²) in [7, 11) is 1.33. The van der Waals surface area contributed by atoms with Crippen LogP contribution in [0.3, 0.4) is 0 Å². The number of fused-ring (bicyclic) bond motifs is 1. The monoisotopic (exact) mass is 425 g/mol. The Morgan fingerprint density at radius 2 is 1.74 bits per heavy atom. The Morgan fingerprint density at radius 3 is 2.45 bits per heavy atom. The maximum Gasteiger partial charge on any atom is 0.251 e. The van der Waals surface area contributed by atoms with Crippen molar-refractivity contribution < 1.29 is 27.5 Å². The van der Waals surface area contributed by atoms with Gasteiger partial charge < -0.3 is 15.5 Å². The van der Waals surface area contributed by atoms with E-state index in [-0.39, 0.29) is 16.7 Å². The molecule has 0 saturated carbocycles. The summed E-state index contributed by atoms with van der Waals surface area (Å²) in [4.78, 5) is 31.4. The molecule has 0 atom stereocenters. The van der Waals surface area contributed by atoms with Gasteiger partial charge >= 0.3 is 0 Å². The highest BCUT2D eigenvalue weighted by Gasteiger charge is 2.26. The highest BCUT2D eigenvalue weighted by Crippen LogP contribution is 2.30. The van der Waals surface area contributed by atoms with Crippen molar-refractivity contribution in [3.8, 4) is 16.9 Å². The molecule has 0 fully saturated rings. The summed E-state index contributed by atoms with van der Waals surface area (Å²) in [5.41, 5.74) is 4.92. The number of nitrogens with one attached hydrogen (secondary N) is 1. The quantitative estimate of drug-likeness (QED) is 0.473. The Bertz CT molecular complexity index is 1370. The maximum absolute atomic E-state index is 14.7. The molecule has 0 unspecified atom stereocenters. The van der Waals surface area contributed by atoms with Gasteiger partial charge in [-0.3, -0.25) is 9.59 Å². The highest BCUT2D eigenvalue weighted by atomic mass is 19.1. The Morgan fingerprint density at radius 1 is 1.00 bits per heavy atom. The molecular formula is C22H14F3N3O3. The molecule has 156 valence electrons. The lowest BCUT2D eigenvalue weighted by Gasteiger charge is -2.08. The second-order valence-electron chi connectivity index (χ2n) is 6.65. The van der Waals surface area contributed by atoms with Crippen LogP contribution < -0.4 is 10.5 Å². The number of rotatable bonds is 5. The molecule has 0 saturated heterocycles. The lowest BCUT2D eigenvalue weighted by Crippen LogP contribution is -2.17. The molecule has 31 heavy (non-hydrogen) atoms. The van der Waals surface area contributed by atoms with Crippen LogP contribution in [0, 0.1) is 17.5 Å². The van der Waals surface area contributed by atoms with Crippen molar-refractivity contribution in [3.05, 3.63) is 82.9 Å². The van der Waals surface area contributed by atoms with Crippen molar-refractivity contribution >= 4 is 22.7 Å². The van der Waals surface area contributed by atoms with E-state index in [4.69, 9.17) is 10.5 Å². The van der Waals surface area contributed by atoms with E-state index in [1.54, 1.807) is 6.07 Å². The summed E-state index contributed by atoms with van der Waals surface area (Å²) in [5, 5.41) is 0.286. The predicted molar refractivity (Wildman–Crippen MR) is 106 cm³/mol. The van der Waals surface area contributed by atoms with Gasteiger partial charge in [-0.1, -0.05) is 6.07 Å². The number of amides is 1. The number of carbonyl (C=O) groups is 2. The van der Waals surface area contributed by atoms with Gasteiger partial charge in [0.25, 0.3) is 5.91 Å². The lowest BCUT2D eigenvalue weighted by atomic mass is 9.98. The Kier molecular flexibility index (Phi) is 4.94. The van der Waals surface area contributed by atoms with Gasteiger partial charge in [0.15, 0.2) is 11.6 Å². The second kappa shape index (κ2) is 7.60. The van der Waals surface area contributed by atoms with Crippen molar-refractivity contribution in [2.75, 3.05) is 7.11 Å². The summed E-state index contributed by atoms with van der Waals surface area (Å²) in [5.74, 6) is -5.10. The first kappa shape index (κ1) is 20.1. The van der Waals surface area contributed by atoms with Crippen molar-refractivity contribution in [1.82, 2.24) is 9.97 Å². The number of methoxy groups -OCH3 is 1. The molecule has 2 aromatic carbocycles. The third-order valence-electron chi connectivity index (χ3n) is 4.84. The van der Waals surface area contributed by atoms with E-state index in [0.717, 1.165) is 12.1 Å². The fraction of sp³-hybridized carbons (Fsp3) is 0.0455. The number of hydrogen-bond donors (Lipinski definition) is 2. The number of ether oxygens (including phenoxy) is 1. The lowest BCUT2D eigenvalue weighted by molar-refractivity contribution is 0.0996. The zero-order chi connectivity index (χ0) is 22.3. The molecule has 0 aliphatic carbocycles. The summed E-state index contributed by atoms with van der Waals surface area (Å²) >= 11 is 0. The van der Waals surface area contributed by atoms with Crippen LogP contribution in [0.15, 0.2) is 48.8 Å². The van der Waals surface area contributed by atoms with Crippen LogP contribution in [0.2, 0.25) is 0 Å². The first-order valence-electron chi connectivity index (χ1n) is 8.95. The number of nitrogens with two attached hydrogens (primary N) is 1. The Hall–Kier alpha value is -4.14. The van der Waals surface area contributed by atoms with Crippen LogP contribution in [-0.4, -0.2) is 28.8 Å². The third-order valence-corrected chi connectivity index (χ3v) is 4.84. The van der Waals surface area contributed by atoms with E-state index in [0.29, 0.717) is 16.8 Å². The molecule has 9 heteroatoms. The van der Waals surface area contributed by atoms with Crippen LogP contribution in [0.25, 0.3) is 22.2 Å². The summed E-state index contributed by atoms with van der Waals surface area (Å²) in [6.07, 6.45) is 2.76. The van der Waals surface area contributed by atoms with E-state index in [9.17, 15) is 22.8 Å². The van der Waals surface area contributed by atoms with Gasteiger partial charge in [0, 0.05) is 28.9 Å². The fourth-order valence-corrected chi connectivity index (χ4v) is 3.27. The molecule has 2 heterocycles. The number of ketones is 1. The molecular weight excluding hydrogens is 411 g/mol. The van der Waals surface area contributed by atoms with Gasteiger partial charge in [-0.05, 0) is 35.9 Å². The number of hydrogen-bond acceptors (Lipinski definition) is 4. The topological polar surface area (TPSA) is 98.1 Å². The van der Waals surface area contributed by atoms with Crippen molar-refractivity contribution in [2.24, 2.45) is 5.73 Å². The zero-order valence-corrected chi connectivity index (χ0v) is 16.0. The average molecular weight is 425 g/mol. The van der Waals surface area contributed by atoms with E-state index < -0.39 is 40.3 Å². The molecule has 0 aliphatic heterocycles. The fourth-order valence-electron chi connectivity index (χ4n) is 3.27.